The summed E-state index contributed by atoms with van der Waals surface area (Å²) in [5, 5.41) is 0. The number of rotatable bonds is 5. The van der Waals surface area contributed by atoms with Crippen molar-refractivity contribution in [3.8, 4) is 0 Å². The molecule has 0 radical (unpaired) electrons. The van der Waals surface area contributed by atoms with Gasteiger partial charge in [0.05, 0.1) is 0 Å². The van der Waals surface area contributed by atoms with Gasteiger partial charge in [-0.05, 0) is 59.2 Å². The number of hydrogen-bond donors (Lipinski definition) is 0. The van der Waals surface area contributed by atoms with Gasteiger partial charge in [-0.2, -0.15) is 0 Å². The van der Waals surface area contributed by atoms with E-state index in [1.54, 1.807) is 0 Å². The first kappa shape index (κ1) is 18.2. The van der Waals surface area contributed by atoms with Gasteiger partial charge < -0.3 is 0 Å². The second-order valence-corrected chi connectivity index (χ2v) is 6.99. The number of hydrogen-bond acceptors (Lipinski definition) is 0. The van der Waals surface area contributed by atoms with Crippen LogP contribution < -0.4 is 0 Å². The van der Waals surface area contributed by atoms with E-state index in [4.69, 9.17) is 0 Å². The predicted molar refractivity (Wildman–Crippen MR) is 114 cm³/mol. The van der Waals surface area contributed by atoms with E-state index in [0.717, 1.165) is 6.42 Å². The predicted octanol–water partition coefficient (Wildman–Crippen LogP) is 7.30. The van der Waals surface area contributed by atoms with Crippen LogP contribution >= 0.6 is 0 Å². The van der Waals surface area contributed by atoms with Crippen molar-refractivity contribution in [1.82, 2.24) is 0 Å². The molecule has 0 N–H and O–H groups in total. The molecule has 1 unspecified atom stereocenters. The summed E-state index contributed by atoms with van der Waals surface area (Å²) in [7, 11) is 0. The van der Waals surface area contributed by atoms with E-state index in [1.807, 2.05) is 0 Å². The molecule has 0 nitrogen and oxygen atoms in total. The molecule has 0 bridgehead atoms. The molecule has 0 aliphatic rings. The van der Waals surface area contributed by atoms with E-state index in [-0.39, 0.29) is 0 Å². The van der Waals surface area contributed by atoms with Crippen LogP contribution in [0.25, 0.3) is 5.57 Å². The minimum Gasteiger partial charge on any atom is -0.0763 e. The minimum absolute atomic E-state index is 0.384. The largest absolute Gasteiger partial charge is 0.0763 e. The summed E-state index contributed by atoms with van der Waals surface area (Å²) < 4.78 is 0. The van der Waals surface area contributed by atoms with Crippen molar-refractivity contribution >= 4 is 5.57 Å². The highest BCUT2D eigenvalue weighted by atomic mass is 14.2. The molecule has 0 saturated carbocycles. The van der Waals surface area contributed by atoms with Gasteiger partial charge in [0.25, 0.3) is 0 Å². The van der Waals surface area contributed by atoms with Crippen molar-refractivity contribution in [2.45, 2.75) is 40.0 Å². The molecule has 0 amide bonds. The molecule has 3 aromatic carbocycles. The van der Waals surface area contributed by atoms with Crippen LogP contribution in [-0.2, 0) is 0 Å². The van der Waals surface area contributed by atoms with E-state index >= 15 is 0 Å². The molecule has 0 spiro atoms. The number of aryl methyl sites for hydroxylation is 1. The molecular formula is C26H28. The molecular weight excluding hydrogens is 312 g/mol. The van der Waals surface area contributed by atoms with E-state index in [2.05, 4.69) is 107 Å². The SMILES string of the molecule is CC/C=C(/c1ccccc1)c1ccc(C)c(C(C)c2ccccc2)c1C. The standard InChI is InChI=1S/C26H28/c1-5-12-25(23-15-10-7-11-16-23)24-18-17-19(2)26(21(24)4)20(3)22-13-8-6-9-14-22/h6-18,20H,5H2,1-4H3/b25-12-. The molecule has 1 atom stereocenters. The summed E-state index contributed by atoms with van der Waals surface area (Å²) in [5.74, 6) is 0.384. The Balaban J connectivity index is 2.14. The Labute approximate surface area is 158 Å². The molecule has 0 heteroatoms. The summed E-state index contributed by atoms with van der Waals surface area (Å²) in [6.07, 6.45) is 3.38. The molecule has 26 heavy (non-hydrogen) atoms. The molecule has 0 aliphatic carbocycles. The maximum Gasteiger partial charge on any atom is 0.00664 e. The van der Waals surface area contributed by atoms with E-state index in [9.17, 15) is 0 Å². The Morgan fingerprint density at radius 2 is 1.46 bits per heavy atom. The topological polar surface area (TPSA) is 0 Å². The number of allylic oxidation sites excluding steroid dienone is 1. The van der Waals surface area contributed by atoms with Crippen LogP contribution in [0.2, 0.25) is 0 Å². The maximum atomic E-state index is 2.35. The van der Waals surface area contributed by atoms with Crippen LogP contribution in [0.15, 0.2) is 78.9 Å². The molecule has 132 valence electrons. The molecule has 3 aromatic rings. The summed E-state index contributed by atoms with van der Waals surface area (Å²) in [5.41, 5.74) is 9.56. The van der Waals surface area contributed by atoms with Crippen LogP contribution in [0.1, 0.15) is 59.6 Å². The smallest absolute Gasteiger partial charge is 0.00664 e. The average molecular weight is 341 g/mol. The third kappa shape index (κ3) is 3.65. The molecule has 3 rings (SSSR count). The lowest BCUT2D eigenvalue weighted by Crippen LogP contribution is -2.05. The van der Waals surface area contributed by atoms with E-state index in [0.29, 0.717) is 5.92 Å². The maximum absolute atomic E-state index is 2.35. The molecule has 0 fully saturated rings. The lowest BCUT2D eigenvalue weighted by molar-refractivity contribution is 0.896. The van der Waals surface area contributed by atoms with Gasteiger partial charge in [0, 0.05) is 5.92 Å². The molecule has 0 heterocycles. The minimum atomic E-state index is 0.384. The number of benzene rings is 3. The highest BCUT2D eigenvalue weighted by molar-refractivity contribution is 5.82. The van der Waals surface area contributed by atoms with E-state index < -0.39 is 0 Å². The van der Waals surface area contributed by atoms with Crippen molar-refractivity contribution in [3.05, 3.63) is 112 Å². The van der Waals surface area contributed by atoms with Crippen LogP contribution in [-0.4, -0.2) is 0 Å². The van der Waals surface area contributed by atoms with Gasteiger partial charge in [-0.3, -0.25) is 0 Å². The highest BCUT2D eigenvalue weighted by Gasteiger charge is 2.17. The summed E-state index contributed by atoms with van der Waals surface area (Å²) in [6.45, 7) is 9.04. The molecule has 0 aromatic heterocycles. The Kier molecular flexibility index (Phi) is 5.73. The average Bonchev–Trinajstić information content (AvgIpc) is 2.68. The van der Waals surface area contributed by atoms with Gasteiger partial charge in [-0.1, -0.05) is 92.7 Å². The second-order valence-electron chi connectivity index (χ2n) is 6.99. The first-order valence-electron chi connectivity index (χ1n) is 9.54. The zero-order valence-electron chi connectivity index (χ0n) is 16.3. The molecule has 0 saturated heterocycles. The van der Waals surface area contributed by atoms with Gasteiger partial charge >= 0.3 is 0 Å². The first-order valence-corrected chi connectivity index (χ1v) is 9.54. The lowest BCUT2D eigenvalue weighted by atomic mass is 9.82. The van der Waals surface area contributed by atoms with Gasteiger partial charge in [0.1, 0.15) is 0 Å². The van der Waals surface area contributed by atoms with Gasteiger partial charge in [0.15, 0.2) is 0 Å². The summed E-state index contributed by atoms with van der Waals surface area (Å²) in [4.78, 5) is 0. The van der Waals surface area contributed by atoms with Crippen molar-refractivity contribution in [1.29, 1.82) is 0 Å². The third-order valence-electron chi connectivity index (χ3n) is 5.25. The van der Waals surface area contributed by atoms with Gasteiger partial charge in [-0.25, -0.2) is 0 Å². The fraction of sp³-hybridized carbons (Fsp3) is 0.231. The second kappa shape index (κ2) is 8.19. The van der Waals surface area contributed by atoms with Gasteiger partial charge in [-0.15, -0.1) is 0 Å². The van der Waals surface area contributed by atoms with Crippen molar-refractivity contribution < 1.29 is 0 Å². The Hall–Kier alpha value is -2.60. The quantitative estimate of drug-likeness (QED) is 0.457. The fourth-order valence-electron chi connectivity index (χ4n) is 3.94. The third-order valence-corrected chi connectivity index (χ3v) is 5.25. The van der Waals surface area contributed by atoms with Crippen molar-refractivity contribution in [2.75, 3.05) is 0 Å². The van der Waals surface area contributed by atoms with E-state index in [1.165, 1.54) is 39.0 Å². The zero-order chi connectivity index (χ0) is 18.5. The van der Waals surface area contributed by atoms with Crippen LogP contribution in [0, 0.1) is 13.8 Å². The fourth-order valence-corrected chi connectivity index (χ4v) is 3.94. The highest BCUT2D eigenvalue weighted by Crippen LogP contribution is 2.35. The van der Waals surface area contributed by atoms with Crippen LogP contribution in [0.4, 0.5) is 0 Å². The Bertz CT molecular complexity index is 886. The van der Waals surface area contributed by atoms with Gasteiger partial charge in [0.2, 0.25) is 0 Å². The normalized spacial score (nSPS) is 12.8. The zero-order valence-corrected chi connectivity index (χ0v) is 16.3. The monoisotopic (exact) mass is 340 g/mol. The Morgan fingerprint density at radius 3 is 2.08 bits per heavy atom. The van der Waals surface area contributed by atoms with Crippen LogP contribution in [0.5, 0.6) is 0 Å². The Morgan fingerprint density at radius 1 is 0.846 bits per heavy atom. The molecule has 0 aliphatic heterocycles. The van der Waals surface area contributed by atoms with Crippen LogP contribution in [0.3, 0.4) is 0 Å². The van der Waals surface area contributed by atoms with Crippen molar-refractivity contribution in [3.63, 3.8) is 0 Å². The van der Waals surface area contributed by atoms with Crippen molar-refractivity contribution in [2.24, 2.45) is 0 Å². The first-order chi connectivity index (χ1) is 12.6. The summed E-state index contributed by atoms with van der Waals surface area (Å²) in [6, 6.07) is 26.1. The summed E-state index contributed by atoms with van der Waals surface area (Å²) >= 11 is 0. The lowest BCUT2D eigenvalue weighted by Gasteiger charge is -2.22.